The molecule has 0 atom stereocenters. The summed E-state index contributed by atoms with van der Waals surface area (Å²) in [5.41, 5.74) is 2.51. The molecule has 0 aromatic heterocycles. The fourth-order valence-electron chi connectivity index (χ4n) is 3.13. The van der Waals surface area contributed by atoms with Gasteiger partial charge in [-0.05, 0) is 74.5 Å². The maximum absolute atomic E-state index is 12.4. The fraction of sp³-hybridized carbons (Fsp3) is 0.231. The minimum absolute atomic E-state index is 0.0641. The SMILES string of the molecule is CCOc1ccc(NC(=O)CNc2ccc(C(=O)Nc3ccc(OC)cc3)cc2)cc1OCC. The molecule has 0 aliphatic heterocycles. The zero-order valence-corrected chi connectivity index (χ0v) is 19.5. The van der Waals surface area contributed by atoms with Crippen LogP contribution in [0.3, 0.4) is 0 Å². The van der Waals surface area contributed by atoms with E-state index in [1.165, 1.54) is 0 Å². The smallest absolute Gasteiger partial charge is 0.255 e. The summed E-state index contributed by atoms with van der Waals surface area (Å²) in [6.07, 6.45) is 0. The second-order valence-corrected chi connectivity index (χ2v) is 7.19. The molecule has 2 amide bonds. The van der Waals surface area contributed by atoms with E-state index in [-0.39, 0.29) is 18.4 Å². The average molecular weight is 464 g/mol. The van der Waals surface area contributed by atoms with E-state index in [0.717, 1.165) is 11.4 Å². The normalized spacial score (nSPS) is 10.2. The average Bonchev–Trinajstić information content (AvgIpc) is 2.85. The van der Waals surface area contributed by atoms with Crippen LogP contribution in [0.25, 0.3) is 0 Å². The third-order valence-corrected chi connectivity index (χ3v) is 4.78. The van der Waals surface area contributed by atoms with Gasteiger partial charge in [0.25, 0.3) is 5.91 Å². The Bertz CT molecular complexity index is 1100. The second-order valence-electron chi connectivity index (χ2n) is 7.19. The van der Waals surface area contributed by atoms with E-state index in [1.54, 1.807) is 73.8 Å². The Kier molecular flexibility index (Phi) is 8.73. The summed E-state index contributed by atoms with van der Waals surface area (Å²) < 4.78 is 16.2. The number of nitrogens with one attached hydrogen (secondary N) is 3. The lowest BCUT2D eigenvalue weighted by Gasteiger charge is -2.13. The van der Waals surface area contributed by atoms with Crippen molar-refractivity contribution in [3.8, 4) is 17.2 Å². The van der Waals surface area contributed by atoms with Gasteiger partial charge < -0.3 is 30.2 Å². The Labute approximate surface area is 199 Å². The topological polar surface area (TPSA) is 97.9 Å². The Morgan fingerprint density at radius 1 is 0.735 bits per heavy atom. The van der Waals surface area contributed by atoms with E-state index >= 15 is 0 Å². The minimum atomic E-state index is -0.227. The number of hydrogen-bond acceptors (Lipinski definition) is 6. The molecule has 34 heavy (non-hydrogen) atoms. The van der Waals surface area contributed by atoms with Gasteiger partial charge in [0.2, 0.25) is 5.91 Å². The number of hydrogen-bond donors (Lipinski definition) is 3. The van der Waals surface area contributed by atoms with Gasteiger partial charge in [-0.3, -0.25) is 9.59 Å². The lowest BCUT2D eigenvalue weighted by molar-refractivity contribution is -0.114. The van der Waals surface area contributed by atoms with Crippen LogP contribution in [0.5, 0.6) is 17.2 Å². The van der Waals surface area contributed by atoms with Crippen molar-refractivity contribution in [3.63, 3.8) is 0 Å². The largest absolute Gasteiger partial charge is 0.497 e. The standard InChI is InChI=1S/C26H29N3O5/c1-4-33-23-15-12-21(16-24(23)34-5-2)28-25(30)17-27-19-8-6-18(7-9-19)26(31)29-20-10-13-22(32-3)14-11-20/h6-16,27H,4-5,17H2,1-3H3,(H,28,30)(H,29,31). The summed E-state index contributed by atoms with van der Waals surface area (Å²) in [4.78, 5) is 24.8. The number of benzene rings is 3. The zero-order valence-electron chi connectivity index (χ0n) is 19.5. The molecular formula is C26H29N3O5. The molecule has 0 saturated carbocycles. The number of ether oxygens (including phenoxy) is 3. The van der Waals surface area contributed by atoms with Gasteiger partial charge in [-0.1, -0.05) is 0 Å². The van der Waals surface area contributed by atoms with Crippen molar-refractivity contribution >= 4 is 28.9 Å². The number of carbonyl (C=O) groups is 2. The van der Waals surface area contributed by atoms with E-state index in [1.807, 2.05) is 13.8 Å². The molecular weight excluding hydrogens is 434 g/mol. The Hall–Kier alpha value is -4.20. The van der Waals surface area contributed by atoms with E-state index in [0.29, 0.717) is 41.7 Å². The van der Waals surface area contributed by atoms with Crippen LogP contribution in [-0.2, 0) is 4.79 Å². The molecule has 3 aromatic carbocycles. The summed E-state index contributed by atoms with van der Waals surface area (Å²) in [6.45, 7) is 4.87. The van der Waals surface area contributed by atoms with Gasteiger partial charge in [-0.15, -0.1) is 0 Å². The number of methoxy groups -OCH3 is 1. The van der Waals surface area contributed by atoms with Gasteiger partial charge >= 0.3 is 0 Å². The van der Waals surface area contributed by atoms with Crippen molar-refractivity contribution < 1.29 is 23.8 Å². The quantitative estimate of drug-likeness (QED) is 0.378. The van der Waals surface area contributed by atoms with Crippen molar-refractivity contribution in [1.82, 2.24) is 0 Å². The summed E-state index contributed by atoms with van der Waals surface area (Å²) in [7, 11) is 1.59. The lowest BCUT2D eigenvalue weighted by atomic mass is 10.2. The number of rotatable bonds is 11. The summed E-state index contributed by atoms with van der Waals surface area (Å²) >= 11 is 0. The minimum Gasteiger partial charge on any atom is -0.497 e. The number of amides is 2. The van der Waals surface area contributed by atoms with Crippen molar-refractivity contribution in [2.75, 3.05) is 42.8 Å². The number of carbonyl (C=O) groups excluding carboxylic acids is 2. The highest BCUT2D eigenvalue weighted by atomic mass is 16.5. The molecule has 0 bridgehead atoms. The van der Waals surface area contributed by atoms with Crippen LogP contribution in [-0.4, -0.2) is 38.7 Å². The molecule has 3 rings (SSSR count). The molecule has 8 nitrogen and oxygen atoms in total. The van der Waals surface area contributed by atoms with E-state index in [9.17, 15) is 9.59 Å². The summed E-state index contributed by atoms with van der Waals surface area (Å²) in [5.74, 6) is 1.49. The van der Waals surface area contributed by atoms with Gasteiger partial charge in [-0.25, -0.2) is 0 Å². The monoisotopic (exact) mass is 463 g/mol. The third kappa shape index (κ3) is 6.90. The fourth-order valence-corrected chi connectivity index (χ4v) is 3.13. The third-order valence-electron chi connectivity index (χ3n) is 4.78. The van der Waals surface area contributed by atoms with Crippen LogP contribution in [0, 0.1) is 0 Å². The molecule has 3 aromatic rings. The molecule has 8 heteroatoms. The Morgan fingerprint density at radius 2 is 1.35 bits per heavy atom. The molecule has 0 heterocycles. The van der Waals surface area contributed by atoms with E-state index in [4.69, 9.17) is 14.2 Å². The van der Waals surface area contributed by atoms with Gasteiger partial charge in [-0.2, -0.15) is 0 Å². The van der Waals surface area contributed by atoms with Crippen molar-refractivity contribution in [3.05, 3.63) is 72.3 Å². The highest BCUT2D eigenvalue weighted by molar-refractivity contribution is 6.04. The van der Waals surface area contributed by atoms with Crippen molar-refractivity contribution in [2.45, 2.75) is 13.8 Å². The molecule has 0 aliphatic carbocycles. The van der Waals surface area contributed by atoms with Crippen LogP contribution in [0.15, 0.2) is 66.7 Å². The molecule has 0 unspecified atom stereocenters. The first kappa shape index (κ1) is 24.4. The molecule has 0 fully saturated rings. The maximum atomic E-state index is 12.4. The highest BCUT2D eigenvalue weighted by Gasteiger charge is 2.10. The number of anilines is 3. The van der Waals surface area contributed by atoms with Gasteiger partial charge in [0.05, 0.1) is 26.9 Å². The predicted molar refractivity (Wildman–Crippen MR) is 133 cm³/mol. The maximum Gasteiger partial charge on any atom is 0.255 e. The zero-order chi connectivity index (χ0) is 24.3. The lowest BCUT2D eigenvalue weighted by Crippen LogP contribution is -2.21. The highest BCUT2D eigenvalue weighted by Crippen LogP contribution is 2.30. The first-order valence-electron chi connectivity index (χ1n) is 11.0. The van der Waals surface area contributed by atoms with Crippen LogP contribution in [0.2, 0.25) is 0 Å². The van der Waals surface area contributed by atoms with Crippen molar-refractivity contribution in [2.24, 2.45) is 0 Å². The molecule has 0 saturated heterocycles. The molecule has 0 aliphatic rings. The van der Waals surface area contributed by atoms with Crippen LogP contribution >= 0.6 is 0 Å². The van der Waals surface area contributed by atoms with E-state index < -0.39 is 0 Å². The molecule has 178 valence electrons. The van der Waals surface area contributed by atoms with E-state index in [2.05, 4.69) is 16.0 Å². The first-order chi connectivity index (χ1) is 16.5. The second kappa shape index (κ2) is 12.2. The Morgan fingerprint density at radius 3 is 2.00 bits per heavy atom. The molecule has 3 N–H and O–H groups in total. The Balaban J connectivity index is 1.52. The van der Waals surface area contributed by atoms with Crippen LogP contribution in [0.1, 0.15) is 24.2 Å². The van der Waals surface area contributed by atoms with Gasteiger partial charge in [0.1, 0.15) is 5.75 Å². The molecule has 0 radical (unpaired) electrons. The van der Waals surface area contributed by atoms with Gasteiger partial charge in [0.15, 0.2) is 11.5 Å². The summed E-state index contributed by atoms with van der Waals surface area (Å²) in [5, 5.41) is 8.72. The van der Waals surface area contributed by atoms with Gasteiger partial charge in [0, 0.05) is 28.7 Å². The van der Waals surface area contributed by atoms with Crippen molar-refractivity contribution in [1.29, 1.82) is 0 Å². The van der Waals surface area contributed by atoms with Crippen LogP contribution in [0.4, 0.5) is 17.1 Å². The molecule has 0 spiro atoms. The summed E-state index contributed by atoms with van der Waals surface area (Å²) in [6, 6.07) is 19.3. The first-order valence-corrected chi connectivity index (χ1v) is 11.0. The van der Waals surface area contributed by atoms with Crippen LogP contribution < -0.4 is 30.2 Å². The predicted octanol–water partition coefficient (Wildman–Crippen LogP) is 4.80.